The number of likely N-dealkylation sites (tertiary alicyclic amines) is 1. The van der Waals surface area contributed by atoms with Gasteiger partial charge in [0.05, 0.1) is 47.9 Å². The molecule has 0 aromatic heterocycles. The van der Waals surface area contributed by atoms with Gasteiger partial charge in [0.15, 0.2) is 0 Å². The number of aliphatic hydroxyl groups is 1. The number of halogens is 2. The highest BCUT2D eigenvalue weighted by Crippen LogP contribution is 2.61. The second-order valence-electron chi connectivity index (χ2n) is 9.09. The number of rotatable bonds is 9. The van der Waals surface area contributed by atoms with Crippen LogP contribution in [0.1, 0.15) is 26.7 Å². The van der Waals surface area contributed by atoms with Crippen molar-refractivity contribution in [2.24, 2.45) is 11.8 Å². The van der Waals surface area contributed by atoms with Crippen LogP contribution >= 0.6 is 27.5 Å². The largest absolute Gasteiger partial charge is 0.466 e. The summed E-state index contributed by atoms with van der Waals surface area (Å²) in [6, 6.07) is 5.28. The lowest BCUT2D eigenvalue weighted by molar-refractivity contribution is -0.155. The lowest BCUT2D eigenvalue weighted by Gasteiger charge is -2.39. The Labute approximate surface area is 218 Å². The van der Waals surface area contributed by atoms with Crippen LogP contribution in [0.4, 0.5) is 5.69 Å². The number of carbonyl (C=O) groups excluding carboxylic acids is 3. The minimum absolute atomic E-state index is 0.153. The van der Waals surface area contributed by atoms with Gasteiger partial charge in [-0.05, 0) is 31.9 Å². The van der Waals surface area contributed by atoms with Gasteiger partial charge in [0.25, 0.3) is 5.91 Å². The van der Waals surface area contributed by atoms with Gasteiger partial charge in [0, 0.05) is 11.4 Å². The third-order valence-corrected chi connectivity index (χ3v) is 8.48. The first-order valence-corrected chi connectivity index (χ1v) is 13.1. The minimum Gasteiger partial charge on any atom is -0.466 e. The van der Waals surface area contributed by atoms with Crippen molar-refractivity contribution in [1.82, 2.24) is 4.90 Å². The molecule has 0 saturated carbocycles. The molecule has 2 amide bonds. The smallest absolute Gasteiger partial charge is 0.312 e. The molecule has 35 heavy (non-hydrogen) atoms. The fraction of sp³-hybridized carbons (Fsp3) is 0.560. The zero-order valence-corrected chi connectivity index (χ0v) is 22.1. The van der Waals surface area contributed by atoms with E-state index < -0.39 is 47.5 Å². The van der Waals surface area contributed by atoms with Gasteiger partial charge in [-0.15, -0.1) is 6.58 Å². The highest BCUT2D eigenvalue weighted by atomic mass is 79.9. The summed E-state index contributed by atoms with van der Waals surface area (Å²) in [6.45, 7) is 7.33. The standard InChI is InChI=1S/C25H30BrClN2O6/c1-4-11-28(17-10-8-7-9-16(17)27)23(32)21-25-12-15(26)20(35-25)18(24(33)34-6-3)19(25)22(31)29(21)14(5-2)13-30/h4,7-10,14-15,18-21,30H,1,5-6,11-13H2,2-3H3/t14-,15?,18+,19-,20+,21+,25-/m0/s1. The molecule has 10 heteroatoms. The molecule has 3 fully saturated rings. The van der Waals surface area contributed by atoms with E-state index in [0.29, 0.717) is 23.6 Å². The van der Waals surface area contributed by atoms with Crippen LogP contribution in [-0.4, -0.2) is 76.2 Å². The van der Waals surface area contributed by atoms with Crippen LogP contribution in [-0.2, 0) is 23.9 Å². The molecule has 3 heterocycles. The summed E-state index contributed by atoms with van der Waals surface area (Å²) in [5, 5.41) is 10.5. The van der Waals surface area contributed by atoms with E-state index in [2.05, 4.69) is 22.5 Å². The van der Waals surface area contributed by atoms with Crippen LogP contribution in [0.25, 0.3) is 0 Å². The summed E-state index contributed by atoms with van der Waals surface area (Å²) >= 11 is 10.1. The number of esters is 1. The third kappa shape index (κ3) is 4.00. The fourth-order valence-electron chi connectivity index (χ4n) is 5.92. The maximum Gasteiger partial charge on any atom is 0.312 e. The maximum absolute atomic E-state index is 14.3. The predicted molar refractivity (Wildman–Crippen MR) is 134 cm³/mol. The van der Waals surface area contributed by atoms with E-state index in [0.717, 1.165) is 0 Å². The van der Waals surface area contributed by atoms with Crippen LogP contribution in [0.3, 0.4) is 0 Å². The Morgan fingerprint density at radius 3 is 2.74 bits per heavy atom. The predicted octanol–water partition coefficient (Wildman–Crippen LogP) is 2.94. The number of benzene rings is 1. The topological polar surface area (TPSA) is 96.4 Å². The molecule has 0 aliphatic carbocycles. The summed E-state index contributed by atoms with van der Waals surface area (Å²) < 4.78 is 11.8. The summed E-state index contributed by atoms with van der Waals surface area (Å²) in [6.07, 6.45) is 1.78. The Morgan fingerprint density at radius 2 is 2.14 bits per heavy atom. The Hall–Kier alpha value is -1.94. The molecule has 3 aliphatic rings. The molecule has 190 valence electrons. The average Bonchev–Trinajstić information content (AvgIpc) is 3.43. The third-order valence-electron chi connectivity index (χ3n) is 7.32. The van der Waals surface area contributed by atoms with Crippen molar-refractivity contribution < 1.29 is 29.0 Å². The molecule has 1 unspecified atom stereocenters. The number of nitrogens with zero attached hydrogens (tertiary/aromatic N) is 2. The molecule has 4 rings (SSSR count). The number of ether oxygens (including phenoxy) is 2. The van der Waals surface area contributed by atoms with Crippen molar-refractivity contribution in [1.29, 1.82) is 0 Å². The first-order valence-electron chi connectivity index (χ1n) is 11.9. The number of fused-ring (bicyclic) bond motifs is 1. The lowest BCUT2D eigenvalue weighted by atomic mass is 9.70. The molecular formula is C25H30BrClN2O6. The lowest BCUT2D eigenvalue weighted by Crippen LogP contribution is -2.59. The van der Waals surface area contributed by atoms with Crippen molar-refractivity contribution in [2.45, 2.75) is 55.3 Å². The molecule has 7 atom stereocenters. The second-order valence-corrected chi connectivity index (χ2v) is 10.7. The van der Waals surface area contributed by atoms with Crippen molar-refractivity contribution in [3.05, 3.63) is 41.9 Å². The van der Waals surface area contributed by atoms with E-state index in [9.17, 15) is 19.5 Å². The zero-order chi connectivity index (χ0) is 25.5. The van der Waals surface area contributed by atoms with Crippen LogP contribution in [0.2, 0.25) is 5.02 Å². The average molecular weight is 570 g/mol. The van der Waals surface area contributed by atoms with Crippen LogP contribution in [0.15, 0.2) is 36.9 Å². The fourth-order valence-corrected chi connectivity index (χ4v) is 7.10. The highest BCUT2D eigenvalue weighted by molar-refractivity contribution is 9.09. The summed E-state index contributed by atoms with van der Waals surface area (Å²) in [5.41, 5.74) is -0.763. The molecule has 1 N–H and O–H groups in total. The van der Waals surface area contributed by atoms with E-state index in [1.54, 1.807) is 37.3 Å². The zero-order valence-electron chi connectivity index (χ0n) is 19.7. The highest BCUT2D eigenvalue weighted by Gasteiger charge is 2.77. The number of amides is 2. The molecule has 1 spiro atoms. The Morgan fingerprint density at radius 1 is 1.43 bits per heavy atom. The van der Waals surface area contributed by atoms with Crippen molar-refractivity contribution >= 4 is 51.0 Å². The van der Waals surface area contributed by atoms with E-state index >= 15 is 0 Å². The van der Waals surface area contributed by atoms with Gasteiger partial charge in [0.1, 0.15) is 11.6 Å². The number of aliphatic hydroxyl groups excluding tert-OH is 1. The first-order chi connectivity index (χ1) is 16.8. The SMILES string of the molecule is C=CCN(C(=O)[C@H]1N([C@@H](CC)CO)C(=O)[C@@H]2[C@@H](C(=O)OCC)[C@@H]3O[C@@]21CC3Br)c1ccccc1Cl. The maximum atomic E-state index is 14.3. The van der Waals surface area contributed by atoms with Crippen LogP contribution in [0, 0.1) is 11.8 Å². The summed E-state index contributed by atoms with van der Waals surface area (Å²) in [7, 11) is 0. The van der Waals surface area contributed by atoms with E-state index in [1.807, 2.05) is 6.92 Å². The first kappa shape index (κ1) is 26.1. The molecule has 3 saturated heterocycles. The second kappa shape index (κ2) is 10.2. The van der Waals surface area contributed by atoms with Crippen molar-refractivity contribution in [3.8, 4) is 0 Å². The van der Waals surface area contributed by atoms with Gasteiger partial charge in [-0.25, -0.2) is 0 Å². The number of para-hydroxylation sites is 1. The Bertz CT molecular complexity index is 1020. The van der Waals surface area contributed by atoms with Crippen LogP contribution in [0.5, 0.6) is 0 Å². The van der Waals surface area contributed by atoms with Crippen molar-refractivity contribution in [2.75, 3.05) is 24.7 Å². The molecule has 8 nitrogen and oxygen atoms in total. The number of carbonyl (C=O) groups is 3. The molecule has 0 radical (unpaired) electrons. The van der Waals surface area contributed by atoms with Gasteiger partial charge in [0.2, 0.25) is 5.91 Å². The van der Waals surface area contributed by atoms with Crippen molar-refractivity contribution in [3.63, 3.8) is 0 Å². The summed E-state index contributed by atoms with van der Waals surface area (Å²) in [5.74, 6) is -3.01. The van der Waals surface area contributed by atoms with E-state index in [1.165, 1.54) is 9.80 Å². The van der Waals surface area contributed by atoms with Gasteiger partial charge in [-0.3, -0.25) is 14.4 Å². The molecule has 1 aromatic rings. The number of anilines is 1. The van der Waals surface area contributed by atoms with Gasteiger partial charge in [-0.2, -0.15) is 0 Å². The Balaban J connectivity index is 1.85. The van der Waals surface area contributed by atoms with E-state index in [-0.39, 0.29) is 30.5 Å². The van der Waals surface area contributed by atoms with Gasteiger partial charge in [-0.1, -0.05) is 52.7 Å². The minimum atomic E-state index is -1.24. The normalized spacial score (nSPS) is 31.9. The monoisotopic (exact) mass is 568 g/mol. The number of hydrogen-bond acceptors (Lipinski definition) is 6. The summed E-state index contributed by atoms with van der Waals surface area (Å²) in [4.78, 5) is 44.0. The molecule has 3 aliphatic heterocycles. The van der Waals surface area contributed by atoms with Gasteiger partial charge >= 0.3 is 5.97 Å². The molecule has 1 aromatic carbocycles. The molecule has 2 bridgehead atoms. The Kier molecular flexibility index (Phi) is 7.62. The number of hydrogen-bond donors (Lipinski definition) is 1. The quantitative estimate of drug-likeness (QED) is 0.279. The number of alkyl halides is 1. The van der Waals surface area contributed by atoms with Crippen LogP contribution < -0.4 is 4.90 Å². The molecular weight excluding hydrogens is 540 g/mol. The van der Waals surface area contributed by atoms with E-state index in [4.69, 9.17) is 21.1 Å². The van der Waals surface area contributed by atoms with Gasteiger partial charge < -0.3 is 24.4 Å².